The lowest BCUT2D eigenvalue weighted by atomic mass is 10.1. The summed E-state index contributed by atoms with van der Waals surface area (Å²) in [4.78, 5) is 23.9. The number of benzene rings is 2. The van der Waals surface area contributed by atoms with E-state index >= 15 is 0 Å². The van der Waals surface area contributed by atoms with Crippen molar-refractivity contribution in [2.24, 2.45) is 0 Å². The number of hydrogen-bond acceptors (Lipinski definition) is 6. The lowest BCUT2D eigenvalue weighted by molar-refractivity contribution is -0.114. The number of anilines is 2. The number of methoxy groups -OCH3 is 1. The zero-order chi connectivity index (χ0) is 23.1. The Morgan fingerprint density at radius 2 is 1.91 bits per heavy atom. The first-order valence-corrected chi connectivity index (χ1v) is 10.9. The highest BCUT2D eigenvalue weighted by molar-refractivity contribution is 7.99. The van der Waals surface area contributed by atoms with Gasteiger partial charge in [-0.15, -0.1) is 16.8 Å². The molecule has 0 saturated heterocycles. The zero-order valence-corrected chi connectivity index (χ0v) is 19.0. The summed E-state index contributed by atoms with van der Waals surface area (Å²) in [6.45, 7) is 7.78. The summed E-state index contributed by atoms with van der Waals surface area (Å²) < 4.78 is 7.23. The van der Waals surface area contributed by atoms with Crippen LogP contribution in [0.15, 0.2) is 60.3 Å². The molecule has 0 atom stereocenters. The van der Waals surface area contributed by atoms with Crippen molar-refractivity contribution in [3.63, 3.8) is 0 Å². The number of thioether (sulfide) groups is 1. The molecule has 0 aliphatic rings. The molecular formula is C23H25N5O3S. The first kappa shape index (κ1) is 23.1. The number of nitrogens with one attached hydrogen (secondary N) is 2. The fraction of sp³-hybridized carbons (Fsp3) is 0.217. The van der Waals surface area contributed by atoms with Gasteiger partial charge in [0, 0.05) is 24.7 Å². The van der Waals surface area contributed by atoms with Crippen LogP contribution in [-0.2, 0) is 16.1 Å². The molecule has 2 N–H and O–H groups in total. The van der Waals surface area contributed by atoms with Crippen LogP contribution in [0.5, 0.6) is 5.75 Å². The van der Waals surface area contributed by atoms with Crippen molar-refractivity contribution >= 4 is 35.0 Å². The van der Waals surface area contributed by atoms with Crippen molar-refractivity contribution < 1.29 is 14.3 Å². The molecule has 3 rings (SSSR count). The van der Waals surface area contributed by atoms with E-state index in [0.29, 0.717) is 28.8 Å². The van der Waals surface area contributed by atoms with Gasteiger partial charge < -0.3 is 15.4 Å². The Morgan fingerprint density at radius 3 is 2.56 bits per heavy atom. The topological polar surface area (TPSA) is 98.1 Å². The van der Waals surface area contributed by atoms with Crippen molar-refractivity contribution in [1.29, 1.82) is 0 Å². The van der Waals surface area contributed by atoms with Crippen LogP contribution in [0.3, 0.4) is 0 Å². The summed E-state index contributed by atoms with van der Waals surface area (Å²) in [7, 11) is 1.52. The van der Waals surface area contributed by atoms with Crippen molar-refractivity contribution in [2.75, 3.05) is 23.5 Å². The highest BCUT2D eigenvalue weighted by Gasteiger charge is 2.16. The summed E-state index contributed by atoms with van der Waals surface area (Å²) >= 11 is 1.28. The minimum atomic E-state index is -0.238. The number of rotatable bonds is 9. The number of aromatic nitrogens is 3. The molecule has 3 aromatic rings. The second kappa shape index (κ2) is 10.6. The lowest BCUT2D eigenvalue weighted by Gasteiger charge is -2.12. The van der Waals surface area contributed by atoms with Crippen molar-refractivity contribution in [1.82, 2.24) is 14.8 Å². The molecule has 1 aromatic heterocycles. The molecule has 2 amide bonds. The molecule has 32 heavy (non-hydrogen) atoms. The predicted molar refractivity (Wildman–Crippen MR) is 127 cm³/mol. The first-order valence-electron chi connectivity index (χ1n) is 9.90. The second-order valence-corrected chi connectivity index (χ2v) is 7.95. The number of carbonyl (C=O) groups excluding carboxylic acids is 2. The average molecular weight is 452 g/mol. The maximum atomic E-state index is 12.6. The number of hydrogen-bond donors (Lipinski definition) is 2. The largest absolute Gasteiger partial charge is 0.495 e. The minimum absolute atomic E-state index is 0.122. The van der Waals surface area contributed by atoms with Crippen LogP contribution in [0.2, 0.25) is 0 Å². The van der Waals surface area contributed by atoms with Gasteiger partial charge in [0.15, 0.2) is 11.0 Å². The molecule has 0 radical (unpaired) electrons. The Morgan fingerprint density at radius 1 is 1.16 bits per heavy atom. The molecule has 8 nitrogen and oxygen atoms in total. The summed E-state index contributed by atoms with van der Waals surface area (Å²) in [6, 6.07) is 13.1. The van der Waals surface area contributed by atoms with Gasteiger partial charge in [-0.2, -0.15) is 0 Å². The number of allylic oxidation sites excluding steroid dienone is 1. The molecule has 0 bridgehead atoms. The molecule has 0 saturated carbocycles. The van der Waals surface area contributed by atoms with E-state index < -0.39 is 0 Å². The highest BCUT2D eigenvalue weighted by atomic mass is 32.2. The number of ether oxygens (including phenoxy) is 1. The smallest absolute Gasteiger partial charge is 0.234 e. The molecule has 0 aliphatic heterocycles. The molecular weight excluding hydrogens is 426 g/mol. The van der Waals surface area contributed by atoms with Gasteiger partial charge in [-0.05, 0) is 25.1 Å². The molecule has 0 spiro atoms. The van der Waals surface area contributed by atoms with Gasteiger partial charge >= 0.3 is 0 Å². The van der Waals surface area contributed by atoms with Crippen LogP contribution in [-0.4, -0.2) is 39.4 Å². The summed E-state index contributed by atoms with van der Waals surface area (Å²) in [5, 5.41) is 14.7. The molecule has 0 aliphatic carbocycles. The Balaban J connectivity index is 1.73. The SMILES string of the molecule is C=CCn1c(SCC(=O)Nc2cc(NC(C)=O)ccc2OC)nnc1-c1ccc(C)cc1. The third kappa shape index (κ3) is 5.76. The fourth-order valence-electron chi connectivity index (χ4n) is 3.01. The van der Waals surface area contributed by atoms with E-state index in [1.807, 2.05) is 35.8 Å². The maximum Gasteiger partial charge on any atom is 0.234 e. The van der Waals surface area contributed by atoms with E-state index in [-0.39, 0.29) is 17.6 Å². The maximum absolute atomic E-state index is 12.6. The van der Waals surface area contributed by atoms with E-state index in [1.54, 1.807) is 24.3 Å². The number of aryl methyl sites for hydroxylation is 1. The molecule has 166 valence electrons. The van der Waals surface area contributed by atoms with Gasteiger partial charge in [0.2, 0.25) is 11.8 Å². The minimum Gasteiger partial charge on any atom is -0.495 e. The molecule has 2 aromatic carbocycles. The fourth-order valence-corrected chi connectivity index (χ4v) is 3.76. The van der Waals surface area contributed by atoms with Crippen LogP contribution in [0, 0.1) is 6.92 Å². The van der Waals surface area contributed by atoms with E-state index in [0.717, 1.165) is 17.0 Å². The van der Waals surface area contributed by atoms with Gasteiger partial charge in [0.25, 0.3) is 0 Å². The van der Waals surface area contributed by atoms with Crippen LogP contribution in [0.25, 0.3) is 11.4 Å². The van der Waals surface area contributed by atoms with Crippen molar-refractivity contribution in [3.8, 4) is 17.1 Å². The number of carbonyl (C=O) groups is 2. The number of nitrogens with zero attached hydrogens (tertiary/aromatic N) is 3. The van der Waals surface area contributed by atoms with E-state index in [2.05, 4.69) is 27.4 Å². The number of amides is 2. The summed E-state index contributed by atoms with van der Waals surface area (Å²) in [6.07, 6.45) is 1.77. The monoisotopic (exact) mass is 451 g/mol. The van der Waals surface area contributed by atoms with Crippen LogP contribution in [0.4, 0.5) is 11.4 Å². The van der Waals surface area contributed by atoms with Gasteiger partial charge in [-0.25, -0.2) is 0 Å². The summed E-state index contributed by atoms with van der Waals surface area (Å²) in [5.74, 6) is 0.898. The first-order chi connectivity index (χ1) is 15.4. The summed E-state index contributed by atoms with van der Waals surface area (Å²) in [5.41, 5.74) is 3.14. The Kier molecular flexibility index (Phi) is 7.67. The lowest BCUT2D eigenvalue weighted by Crippen LogP contribution is -2.16. The quantitative estimate of drug-likeness (QED) is 0.375. The molecule has 1 heterocycles. The second-order valence-electron chi connectivity index (χ2n) is 7.00. The Hall–Kier alpha value is -3.59. The van der Waals surface area contributed by atoms with Gasteiger partial charge in [0.1, 0.15) is 5.75 Å². The van der Waals surface area contributed by atoms with Crippen LogP contribution < -0.4 is 15.4 Å². The van der Waals surface area contributed by atoms with Crippen molar-refractivity contribution in [3.05, 3.63) is 60.7 Å². The van der Waals surface area contributed by atoms with Gasteiger partial charge in [-0.3, -0.25) is 14.2 Å². The highest BCUT2D eigenvalue weighted by Crippen LogP contribution is 2.29. The zero-order valence-electron chi connectivity index (χ0n) is 18.2. The Bertz CT molecular complexity index is 1130. The van der Waals surface area contributed by atoms with Gasteiger partial charge in [-0.1, -0.05) is 47.7 Å². The molecule has 9 heteroatoms. The van der Waals surface area contributed by atoms with Crippen molar-refractivity contribution in [2.45, 2.75) is 25.5 Å². The van der Waals surface area contributed by atoms with E-state index in [1.165, 1.54) is 25.8 Å². The van der Waals surface area contributed by atoms with Crippen LogP contribution >= 0.6 is 11.8 Å². The Labute approximate surface area is 191 Å². The van der Waals surface area contributed by atoms with E-state index in [4.69, 9.17) is 4.74 Å². The molecule has 0 unspecified atom stereocenters. The van der Waals surface area contributed by atoms with E-state index in [9.17, 15) is 9.59 Å². The third-order valence-electron chi connectivity index (χ3n) is 4.46. The van der Waals surface area contributed by atoms with Gasteiger partial charge in [0.05, 0.1) is 18.6 Å². The predicted octanol–water partition coefficient (Wildman–Crippen LogP) is 4.14. The molecule has 0 fully saturated rings. The van der Waals surface area contributed by atoms with Crippen LogP contribution in [0.1, 0.15) is 12.5 Å². The average Bonchev–Trinajstić information content (AvgIpc) is 3.15. The standard InChI is InChI=1S/C23H25N5O3S/c1-5-12-28-22(17-8-6-15(2)7-9-17)26-27-23(28)32-14-21(30)25-19-13-18(24-16(3)29)10-11-20(19)31-4/h5-11,13H,1,12,14H2,2-4H3,(H,24,29)(H,25,30). The normalized spacial score (nSPS) is 10.5. The third-order valence-corrected chi connectivity index (χ3v) is 5.43.